The Bertz CT molecular complexity index is 1390. The second kappa shape index (κ2) is 10.5. The van der Waals surface area contributed by atoms with Crippen molar-refractivity contribution in [2.24, 2.45) is 16.7 Å². The summed E-state index contributed by atoms with van der Waals surface area (Å²) in [4.78, 5) is 48.1. The molecule has 0 radical (unpaired) electrons. The Labute approximate surface area is 225 Å². The molecule has 0 aromatic heterocycles. The molecule has 0 saturated heterocycles. The number of aryl methyl sites for hydroxylation is 3. The molecule has 0 aliphatic heterocycles. The highest BCUT2D eigenvalue weighted by molar-refractivity contribution is 7.71. The van der Waals surface area contributed by atoms with Crippen LogP contribution in [-0.2, 0) is 18.9 Å². The normalized spacial score (nSPS) is 23.6. The zero-order valence-electron chi connectivity index (χ0n) is 22.7. The van der Waals surface area contributed by atoms with E-state index in [1.807, 2.05) is 39.0 Å². The highest BCUT2D eigenvalue weighted by atomic mass is 31.1. The van der Waals surface area contributed by atoms with Crippen LogP contribution in [0.4, 0.5) is 0 Å². The third kappa shape index (κ3) is 4.92. The monoisotopic (exact) mass is 529 g/mol. The van der Waals surface area contributed by atoms with Crippen LogP contribution in [0.15, 0.2) is 66.3 Å². The molecule has 6 heteroatoms. The fraction of sp³-hybridized carbons (Fsp3) is 0.375. The van der Waals surface area contributed by atoms with E-state index in [1.54, 1.807) is 24.3 Å². The quantitative estimate of drug-likeness (QED) is 0.335. The first kappa shape index (κ1) is 27.7. The molecule has 0 heterocycles. The van der Waals surface area contributed by atoms with Crippen LogP contribution in [0.2, 0.25) is 0 Å². The second-order valence-corrected chi connectivity index (χ2v) is 12.8. The highest BCUT2D eigenvalue weighted by Crippen LogP contribution is 2.66. The van der Waals surface area contributed by atoms with Crippen molar-refractivity contribution in [3.8, 4) is 0 Å². The van der Waals surface area contributed by atoms with Crippen molar-refractivity contribution < 1.29 is 23.7 Å². The molecular formula is C32H34O5P+. The number of hydrogen-bond acceptors (Lipinski definition) is 5. The molecule has 2 bridgehead atoms. The van der Waals surface area contributed by atoms with E-state index < -0.39 is 13.2 Å². The van der Waals surface area contributed by atoms with Crippen LogP contribution in [0.25, 0.3) is 0 Å². The summed E-state index contributed by atoms with van der Waals surface area (Å²) >= 11 is 0. The third-order valence-corrected chi connectivity index (χ3v) is 10.1. The van der Waals surface area contributed by atoms with Crippen molar-refractivity contribution in [2.45, 2.75) is 60.3 Å². The Hall–Kier alpha value is -3.30. The summed E-state index contributed by atoms with van der Waals surface area (Å²) in [6.07, 6.45) is 7.01. The van der Waals surface area contributed by atoms with Crippen molar-refractivity contribution in [3.63, 3.8) is 0 Å². The molecule has 3 aliphatic rings. The van der Waals surface area contributed by atoms with Gasteiger partial charge in [-0.1, -0.05) is 54.3 Å². The molecule has 0 spiro atoms. The molecule has 0 amide bonds. The van der Waals surface area contributed by atoms with Gasteiger partial charge in [0.05, 0.1) is 5.56 Å². The summed E-state index contributed by atoms with van der Waals surface area (Å²) in [6.45, 7) is 10.1. The van der Waals surface area contributed by atoms with Crippen LogP contribution < -0.4 is 5.30 Å². The number of benzene rings is 2. The van der Waals surface area contributed by atoms with Gasteiger partial charge >= 0.3 is 13.3 Å². The Morgan fingerprint density at radius 1 is 0.974 bits per heavy atom. The maximum Gasteiger partial charge on any atom is 0.458 e. The molecule has 3 aliphatic carbocycles. The van der Waals surface area contributed by atoms with E-state index in [0.717, 1.165) is 29.5 Å². The van der Waals surface area contributed by atoms with Crippen LogP contribution in [-0.4, -0.2) is 22.9 Å². The minimum atomic E-state index is -2.04. The lowest BCUT2D eigenvalue weighted by Crippen LogP contribution is -2.37. The molecule has 5 rings (SSSR count). The summed E-state index contributed by atoms with van der Waals surface area (Å²) in [6, 6.07) is 12.8. The van der Waals surface area contributed by atoms with Gasteiger partial charge in [-0.2, -0.15) is 0 Å². The largest absolute Gasteiger partial charge is 0.458 e. The predicted molar refractivity (Wildman–Crippen MR) is 149 cm³/mol. The second-order valence-electron chi connectivity index (χ2n) is 11.3. The number of allylic oxidation sites excluding steroid dienone is 4. The van der Waals surface area contributed by atoms with Gasteiger partial charge in [-0.25, -0.2) is 4.79 Å². The van der Waals surface area contributed by atoms with E-state index in [0.29, 0.717) is 35.2 Å². The molecule has 2 saturated carbocycles. The van der Waals surface area contributed by atoms with E-state index in [9.17, 15) is 23.7 Å². The van der Waals surface area contributed by atoms with Gasteiger partial charge in [0.25, 0.3) is 0 Å². The summed E-state index contributed by atoms with van der Waals surface area (Å²) in [5, 5.41) is 0.585. The van der Waals surface area contributed by atoms with Crippen molar-refractivity contribution >= 4 is 36.0 Å². The van der Waals surface area contributed by atoms with Gasteiger partial charge in [-0.3, -0.25) is 14.4 Å². The van der Waals surface area contributed by atoms with Crippen molar-refractivity contribution in [1.29, 1.82) is 0 Å². The van der Waals surface area contributed by atoms with Gasteiger partial charge in [-0.05, 0) is 92.9 Å². The fourth-order valence-corrected chi connectivity index (χ4v) is 7.74. The number of carbonyl (C=O) groups is 4. The Morgan fingerprint density at radius 3 is 2.16 bits per heavy atom. The smallest absolute Gasteiger partial charge is 0.299 e. The van der Waals surface area contributed by atoms with E-state index in [4.69, 9.17) is 0 Å². The molecule has 0 N–H and O–H groups in total. The minimum Gasteiger partial charge on any atom is -0.299 e. The highest BCUT2D eigenvalue weighted by Gasteiger charge is 2.64. The molecular weight excluding hydrogens is 495 g/mol. The number of ketones is 3. The van der Waals surface area contributed by atoms with Gasteiger partial charge in [0.15, 0.2) is 16.9 Å². The van der Waals surface area contributed by atoms with E-state index in [2.05, 4.69) is 13.8 Å². The molecule has 2 fully saturated rings. The standard InChI is InChI=1S/C16H18O3.C16H16O2P/c1-15(2)11-5-6-16(15,14(19)8-11)9-10-7-12(17)3-4-13(10)18;1-11-9-12(2)15(13(3)10-11)16(17)19(18)14-7-5-4-6-8-14/h3-4,7,11H,5-6,8-9H2,1-2H3;4-10H,1-3H3/q;+1. The lowest BCUT2D eigenvalue weighted by atomic mass is 9.65. The average Bonchev–Trinajstić information content (AvgIpc) is 3.21. The zero-order chi connectivity index (χ0) is 27.8. The maximum absolute atomic E-state index is 12.4. The Morgan fingerprint density at radius 2 is 1.61 bits per heavy atom. The number of rotatable bonds is 5. The van der Waals surface area contributed by atoms with Crippen molar-refractivity contribution in [1.82, 2.24) is 0 Å². The maximum atomic E-state index is 12.4. The van der Waals surface area contributed by atoms with E-state index in [1.165, 1.54) is 18.2 Å². The van der Waals surface area contributed by atoms with E-state index in [-0.39, 0.29) is 28.3 Å². The molecule has 2 aromatic rings. The fourth-order valence-electron chi connectivity index (χ4n) is 6.50. The topological polar surface area (TPSA) is 85.3 Å². The Balaban J connectivity index is 0.000000177. The van der Waals surface area contributed by atoms with Crippen molar-refractivity contribution in [2.75, 3.05) is 0 Å². The van der Waals surface area contributed by atoms with Gasteiger partial charge < -0.3 is 0 Å². The van der Waals surface area contributed by atoms with Crippen LogP contribution >= 0.6 is 7.80 Å². The minimum absolute atomic E-state index is 0.0601. The first-order valence-electron chi connectivity index (χ1n) is 13.0. The van der Waals surface area contributed by atoms with Gasteiger partial charge in [0.1, 0.15) is 5.78 Å². The molecule has 38 heavy (non-hydrogen) atoms. The molecule has 3 unspecified atom stereocenters. The summed E-state index contributed by atoms with van der Waals surface area (Å²) in [5.74, 6) is 0.451. The van der Waals surface area contributed by atoms with Crippen LogP contribution in [0.5, 0.6) is 0 Å². The summed E-state index contributed by atoms with van der Waals surface area (Å²) < 4.78 is 12.3. The SMILES string of the molecule is CC1(C)C2CCC1(CC1=CC(=O)C=CC1=O)C(=O)C2.Cc1cc(C)c(C(=O)[P+](=O)c2ccccc2)c(C)c1. The molecule has 3 atom stereocenters. The van der Waals surface area contributed by atoms with Crippen molar-refractivity contribution in [3.05, 3.63) is 88.5 Å². The summed E-state index contributed by atoms with van der Waals surface area (Å²) in [5.41, 5.74) is 3.23. The zero-order valence-corrected chi connectivity index (χ0v) is 23.6. The van der Waals surface area contributed by atoms with Crippen LogP contribution in [0, 0.1) is 37.5 Å². The average molecular weight is 530 g/mol. The number of hydrogen-bond donors (Lipinski definition) is 0. The lowest BCUT2D eigenvalue weighted by Gasteiger charge is -2.37. The first-order chi connectivity index (χ1) is 17.9. The lowest BCUT2D eigenvalue weighted by molar-refractivity contribution is -0.129. The predicted octanol–water partition coefficient (Wildman–Crippen LogP) is 6.31. The van der Waals surface area contributed by atoms with Crippen LogP contribution in [0.1, 0.15) is 66.6 Å². The Kier molecular flexibility index (Phi) is 7.63. The third-order valence-electron chi connectivity index (χ3n) is 8.73. The van der Waals surface area contributed by atoms with Gasteiger partial charge in [0.2, 0.25) is 0 Å². The van der Waals surface area contributed by atoms with Crippen LogP contribution in [0.3, 0.4) is 0 Å². The molecule has 5 nitrogen and oxygen atoms in total. The molecule has 2 aromatic carbocycles. The van der Waals surface area contributed by atoms with Gasteiger partial charge in [-0.15, -0.1) is 0 Å². The van der Waals surface area contributed by atoms with Gasteiger partial charge in [0, 0.05) is 17.4 Å². The molecule has 196 valence electrons. The number of fused-ring (bicyclic) bond motifs is 2. The van der Waals surface area contributed by atoms with E-state index >= 15 is 0 Å². The first-order valence-corrected chi connectivity index (χ1v) is 14.3. The number of Topliss-reactive ketones (excluding diaryl/α,β-unsaturated/α-hetero) is 1. The summed E-state index contributed by atoms with van der Waals surface area (Å²) in [7, 11) is -2.04. The number of carbonyl (C=O) groups excluding carboxylic acids is 4.